The van der Waals surface area contributed by atoms with Crippen molar-refractivity contribution in [3.63, 3.8) is 0 Å². The fourth-order valence-corrected chi connectivity index (χ4v) is 2.39. The Morgan fingerprint density at radius 2 is 2.00 bits per heavy atom. The zero-order valence-corrected chi connectivity index (χ0v) is 14.5. The molecule has 1 aromatic carbocycles. The monoisotopic (exact) mass is 353 g/mol. The number of nitrogens with one attached hydrogen (secondary N) is 1. The molecular formula is C16H21BrFN3. The average Bonchev–Trinajstić information content (AvgIpc) is 2.71. The lowest BCUT2D eigenvalue weighted by atomic mass is 10.1. The molecular weight excluding hydrogens is 333 g/mol. The summed E-state index contributed by atoms with van der Waals surface area (Å²) in [5, 5.41) is 7.96. The molecule has 0 aliphatic carbocycles. The van der Waals surface area contributed by atoms with E-state index in [1.165, 1.54) is 12.1 Å². The highest BCUT2D eigenvalue weighted by Gasteiger charge is 2.12. The van der Waals surface area contributed by atoms with Crippen molar-refractivity contribution in [2.45, 2.75) is 46.3 Å². The van der Waals surface area contributed by atoms with Gasteiger partial charge < -0.3 is 5.32 Å². The maximum absolute atomic E-state index is 13.3. The molecule has 3 nitrogen and oxygen atoms in total. The highest BCUT2D eigenvalue weighted by molar-refractivity contribution is 9.10. The highest BCUT2D eigenvalue weighted by Crippen LogP contribution is 2.19. The Labute approximate surface area is 133 Å². The minimum atomic E-state index is -0.230. The fraction of sp³-hybridized carbons (Fsp3) is 0.438. The van der Waals surface area contributed by atoms with Crippen molar-refractivity contribution in [1.82, 2.24) is 15.1 Å². The summed E-state index contributed by atoms with van der Waals surface area (Å²) in [6.07, 6.45) is 2.02. The molecule has 1 heterocycles. The summed E-state index contributed by atoms with van der Waals surface area (Å²) in [7, 11) is 0. The molecule has 0 spiro atoms. The summed E-state index contributed by atoms with van der Waals surface area (Å²) < 4.78 is 16.1. The number of hydrogen-bond donors (Lipinski definition) is 1. The third-order valence-corrected chi connectivity index (χ3v) is 3.97. The first-order valence-corrected chi connectivity index (χ1v) is 7.76. The molecule has 1 aromatic heterocycles. The van der Waals surface area contributed by atoms with Gasteiger partial charge in [-0.25, -0.2) is 4.39 Å². The van der Waals surface area contributed by atoms with E-state index in [1.54, 1.807) is 6.07 Å². The van der Waals surface area contributed by atoms with Crippen LogP contribution in [0.2, 0.25) is 0 Å². The topological polar surface area (TPSA) is 29.9 Å². The lowest BCUT2D eigenvalue weighted by Crippen LogP contribution is -2.35. The summed E-state index contributed by atoms with van der Waals surface area (Å²) >= 11 is 3.45. The SMILES string of the molecule is Cc1nn(Cc2cc(F)ccc2Br)cc1CNC(C)(C)C. The van der Waals surface area contributed by atoms with Gasteiger partial charge in [0.1, 0.15) is 5.82 Å². The predicted octanol–water partition coefficient (Wildman–Crippen LogP) is 4.03. The van der Waals surface area contributed by atoms with Crippen LogP contribution in [0.25, 0.3) is 0 Å². The van der Waals surface area contributed by atoms with Crippen molar-refractivity contribution in [3.05, 3.63) is 51.5 Å². The largest absolute Gasteiger partial charge is 0.308 e. The Morgan fingerprint density at radius 1 is 1.29 bits per heavy atom. The lowest BCUT2D eigenvalue weighted by molar-refractivity contribution is 0.423. The molecule has 0 unspecified atom stereocenters. The van der Waals surface area contributed by atoms with E-state index in [0.29, 0.717) is 6.54 Å². The molecule has 0 aliphatic rings. The van der Waals surface area contributed by atoms with E-state index in [4.69, 9.17) is 0 Å². The van der Waals surface area contributed by atoms with Crippen LogP contribution in [0, 0.1) is 12.7 Å². The second kappa shape index (κ2) is 6.28. The number of aromatic nitrogens is 2. The molecule has 1 N–H and O–H groups in total. The van der Waals surface area contributed by atoms with Crippen molar-refractivity contribution in [2.75, 3.05) is 0 Å². The van der Waals surface area contributed by atoms with E-state index >= 15 is 0 Å². The zero-order valence-electron chi connectivity index (χ0n) is 12.9. The van der Waals surface area contributed by atoms with Gasteiger partial charge in [-0.1, -0.05) is 15.9 Å². The fourth-order valence-electron chi connectivity index (χ4n) is 2.01. The third-order valence-electron chi connectivity index (χ3n) is 3.20. The molecule has 0 saturated heterocycles. The average molecular weight is 354 g/mol. The normalized spacial score (nSPS) is 11.9. The summed E-state index contributed by atoms with van der Waals surface area (Å²) in [5.74, 6) is -0.230. The van der Waals surface area contributed by atoms with Gasteiger partial charge in [-0.05, 0) is 51.5 Å². The van der Waals surface area contributed by atoms with Crippen LogP contribution in [0.4, 0.5) is 4.39 Å². The Balaban J connectivity index is 2.13. The molecule has 0 atom stereocenters. The Morgan fingerprint density at radius 3 is 2.67 bits per heavy atom. The van der Waals surface area contributed by atoms with Crippen LogP contribution in [-0.4, -0.2) is 15.3 Å². The van der Waals surface area contributed by atoms with Crippen molar-refractivity contribution in [2.24, 2.45) is 0 Å². The van der Waals surface area contributed by atoms with Gasteiger partial charge in [0.2, 0.25) is 0 Å². The van der Waals surface area contributed by atoms with Gasteiger partial charge in [0, 0.05) is 28.3 Å². The predicted molar refractivity (Wildman–Crippen MR) is 86.8 cm³/mol. The molecule has 2 aromatic rings. The number of nitrogens with zero attached hydrogens (tertiary/aromatic N) is 2. The minimum absolute atomic E-state index is 0.0696. The van der Waals surface area contributed by atoms with Crippen molar-refractivity contribution < 1.29 is 4.39 Å². The maximum Gasteiger partial charge on any atom is 0.123 e. The number of halogens is 2. The van der Waals surface area contributed by atoms with Crippen LogP contribution < -0.4 is 5.32 Å². The molecule has 21 heavy (non-hydrogen) atoms. The van der Waals surface area contributed by atoms with Gasteiger partial charge >= 0.3 is 0 Å². The molecule has 0 bridgehead atoms. The molecule has 0 saturated carbocycles. The van der Waals surface area contributed by atoms with Crippen molar-refractivity contribution in [3.8, 4) is 0 Å². The van der Waals surface area contributed by atoms with Gasteiger partial charge in [-0.15, -0.1) is 0 Å². The summed E-state index contributed by atoms with van der Waals surface area (Å²) in [6.45, 7) is 9.73. The first-order valence-electron chi connectivity index (χ1n) is 6.96. The number of hydrogen-bond acceptors (Lipinski definition) is 2. The second-order valence-electron chi connectivity index (χ2n) is 6.28. The van der Waals surface area contributed by atoms with Crippen LogP contribution in [0.15, 0.2) is 28.9 Å². The Kier molecular flexibility index (Phi) is 4.84. The van der Waals surface area contributed by atoms with Crippen molar-refractivity contribution in [1.29, 1.82) is 0 Å². The zero-order chi connectivity index (χ0) is 15.6. The molecule has 114 valence electrons. The van der Waals surface area contributed by atoms with E-state index in [2.05, 4.69) is 47.1 Å². The first kappa shape index (κ1) is 16.2. The Bertz CT molecular complexity index is 629. The molecule has 0 radical (unpaired) electrons. The van der Waals surface area contributed by atoms with Gasteiger partial charge in [-0.3, -0.25) is 4.68 Å². The third kappa shape index (κ3) is 4.64. The number of aryl methyl sites for hydroxylation is 1. The minimum Gasteiger partial charge on any atom is -0.308 e. The quantitative estimate of drug-likeness (QED) is 0.899. The summed E-state index contributed by atoms with van der Waals surface area (Å²) in [6, 6.07) is 4.71. The molecule has 0 aliphatic heterocycles. The van der Waals surface area contributed by atoms with Gasteiger partial charge in [0.05, 0.1) is 12.2 Å². The molecule has 5 heteroatoms. The van der Waals surface area contributed by atoms with Crippen molar-refractivity contribution >= 4 is 15.9 Å². The van der Waals surface area contributed by atoms with E-state index in [1.807, 2.05) is 17.8 Å². The van der Waals surface area contributed by atoms with E-state index < -0.39 is 0 Å². The van der Waals surface area contributed by atoms with E-state index in [0.717, 1.165) is 27.8 Å². The van der Waals surface area contributed by atoms with Gasteiger partial charge in [0.25, 0.3) is 0 Å². The first-order chi connectivity index (χ1) is 9.74. The highest BCUT2D eigenvalue weighted by atomic mass is 79.9. The van der Waals surface area contributed by atoms with Crippen LogP contribution >= 0.6 is 15.9 Å². The number of rotatable bonds is 4. The van der Waals surface area contributed by atoms with E-state index in [-0.39, 0.29) is 11.4 Å². The standard InChI is InChI=1S/C16H21BrFN3/c1-11-13(8-19-16(2,3)4)10-21(20-11)9-12-7-14(18)5-6-15(12)17/h5-7,10,19H,8-9H2,1-4H3. The molecule has 0 amide bonds. The van der Waals surface area contributed by atoms with Gasteiger partial charge in [0.15, 0.2) is 0 Å². The molecule has 0 fully saturated rings. The molecule has 2 rings (SSSR count). The summed E-state index contributed by atoms with van der Waals surface area (Å²) in [4.78, 5) is 0. The van der Waals surface area contributed by atoms with Crippen LogP contribution in [-0.2, 0) is 13.1 Å². The van der Waals surface area contributed by atoms with E-state index in [9.17, 15) is 4.39 Å². The van der Waals surface area contributed by atoms with Crippen LogP contribution in [0.3, 0.4) is 0 Å². The van der Waals surface area contributed by atoms with Gasteiger partial charge in [-0.2, -0.15) is 5.10 Å². The van der Waals surface area contributed by atoms with Crippen LogP contribution in [0.1, 0.15) is 37.6 Å². The maximum atomic E-state index is 13.3. The number of benzene rings is 1. The Hall–Kier alpha value is -1.20. The second-order valence-corrected chi connectivity index (χ2v) is 7.13. The smallest absolute Gasteiger partial charge is 0.123 e. The summed E-state index contributed by atoms with van der Waals surface area (Å²) in [5.41, 5.74) is 3.12. The van der Waals surface area contributed by atoms with Crippen LogP contribution in [0.5, 0.6) is 0 Å². The lowest BCUT2D eigenvalue weighted by Gasteiger charge is -2.20.